The number of rotatable bonds is 4. The Bertz CT molecular complexity index is 568. The Kier molecular flexibility index (Phi) is 4.76. The highest BCUT2D eigenvalue weighted by molar-refractivity contribution is 9.10. The molecule has 1 aromatic heterocycles. The molecule has 2 aromatic rings. The van der Waals surface area contributed by atoms with E-state index in [1.54, 1.807) is 11.3 Å². The summed E-state index contributed by atoms with van der Waals surface area (Å²) in [5.74, 6) is 0. The Hall–Kier alpha value is -0.710. The lowest BCUT2D eigenvalue weighted by molar-refractivity contribution is 0.905. The second kappa shape index (κ2) is 6.16. The van der Waals surface area contributed by atoms with Crippen molar-refractivity contribution in [2.24, 2.45) is 0 Å². The summed E-state index contributed by atoms with van der Waals surface area (Å²) in [6.07, 6.45) is 0. The van der Waals surface area contributed by atoms with Gasteiger partial charge in [0.15, 0.2) is 0 Å². The Morgan fingerprint density at radius 1 is 1.37 bits per heavy atom. The number of anilines is 2. The number of thiophene rings is 1. The van der Waals surface area contributed by atoms with Crippen LogP contribution in [0.2, 0.25) is 5.02 Å². The fourth-order valence-electron chi connectivity index (χ4n) is 1.95. The van der Waals surface area contributed by atoms with Crippen molar-refractivity contribution in [3.8, 4) is 0 Å². The molecule has 0 bridgehead atoms. The van der Waals surface area contributed by atoms with Crippen molar-refractivity contribution in [1.82, 2.24) is 0 Å². The van der Waals surface area contributed by atoms with Crippen LogP contribution in [-0.4, -0.2) is 14.1 Å². The third-order valence-electron chi connectivity index (χ3n) is 2.82. The van der Waals surface area contributed by atoms with Gasteiger partial charge in [-0.05, 0) is 41.1 Å². The number of nitrogens with zero attached hydrogens (tertiary/aromatic N) is 1. The summed E-state index contributed by atoms with van der Waals surface area (Å²) in [7, 11) is 4.00. The summed E-state index contributed by atoms with van der Waals surface area (Å²) >= 11 is 11.5. The van der Waals surface area contributed by atoms with Gasteiger partial charge in [0.2, 0.25) is 0 Å². The molecule has 0 aliphatic rings. The van der Waals surface area contributed by atoms with Crippen LogP contribution in [0.25, 0.3) is 0 Å². The molecule has 1 atom stereocenters. The van der Waals surface area contributed by atoms with Crippen molar-refractivity contribution in [2.45, 2.75) is 13.0 Å². The standard InChI is InChI=1S/C14H16BrClN2S/c1-9(13-7-10(15)8-19-13)17-12-6-4-5-11(16)14(12)18(2)3/h4-9,17H,1-3H3. The van der Waals surface area contributed by atoms with E-state index in [1.165, 1.54) is 4.88 Å². The molecule has 0 saturated carbocycles. The van der Waals surface area contributed by atoms with Crippen LogP contribution in [0, 0.1) is 0 Å². The molecule has 2 nitrogen and oxygen atoms in total. The summed E-state index contributed by atoms with van der Waals surface area (Å²) in [6, 6.07) is 8.32. The zero-order chi connectivity index (χ0) is 14.0. The van der Waals surface area contributed by atoms with Crippen molar-refractivity contribution in [2.75, 3.05) is 24.3 Å². The monoisotopic (exact) mass is 358 g/mol. The molecule has 1 N–H and O–H groups in total. The van der Waals surface area contributed by atoms with Crippen LogP contribution in [-0.2, 0) is 0 Å². The Morgan fingerprint density at radius 2 is 2.11 bits per heavy atom. The van der Waals surface area contributed by atoms with Gasteiger partial charge in [0.05, 0.1) is 22.4 Å². The van der Waals surface area contributed by atoms with Gasteiger partial charge in [-0.25, -0.2) is 0 Å². The van der Waals surface area contributed by atoms with Gasteiger partial charge in [-0.2, -0.15) is 0 Å². The van der Waals surface area contributed by atoms with Gasteiger partial charge in [-0.3, -0.25) is 0 Å². The van der Waals surface area contributed by atoms with Crippen molar-refractivity contribution in [3.63, 3.8) is 0 Å². The van der Waals surface area contributed by atoms with Crippen molar-refractivity contribution >= 4 is 50.2 Å². The summed E-state index contributed by atoms with van der Waals surface area (Å²) in [5, 5.41) is 6.38. The minimum absolute atomic E-state index is 0.244. The van der Waals surface area contributed by atoms with Gasteiger partial charge in [0.1, 0.15) is 0 Å². The molecule has 0 aliphatic carbocycles. The average molecular weight is 360 g/mol. The largest absolute Gasteiger partial charge is 0.376 e. The van der Waals surface area contributed by atoms with Gasteiger partial charge in [-0.1, -0.05) is 17.7 Å². The molecule has 0 aliphatic heterocycles. The zero-order valence-corrected chi connectivity index (χ0v) is 14.2. The number of hydrogen-bond donors (Lipinski definition) is 1. The van der Waals surface area contributed by atoms with Crippen LogP contribution in [0.3, 0.4) is 0 Å². The van der Waals surface area contributed by atoms with Crippen molar-refractivity contribution in [1.29, 1.82) is 0 Å². The maximum absolute atomic E-state index is 6.27. The minimum atomic E-state index is 0.244. The van der Waals surface area contributed by atoms with Crippen LogP contribution >= 0.6 is 38.9 Å². The molecule has 102 valence electrons. The van der Waals surface area contributed by atoms with E-state index in [1.807, 2.05) is 31.1 Å². The van der Waals surface area contributed by atoms with Gasteiger partial charge in [0.25, 0.3) is 0 Å². The molecule has 5 heteroatoms. The molecule has 0 radical (unpaired) electrons. The third-order valence-corrected chi connectivity index (χ3v) is 5.00. The first-order chi connectivity index (χ1) is 8.99. The number of nitrogens with one attached hydrogen (secondary N) is 1. The van der Waals surface area contributed by atoms with Crippen LogP contribution < -0.4 is 10.2 Å². The van der Waals surface area contributed by atoms with E-state index < -0.39 is 0 Å². The highest BCUT2D eigenvalue weighted by Crippen LogP contribution is 2.35. The summed E-state index contributed by atoms with van der Waals surface area (Å²) in [4.78, 5) is 3.32. The van der Waals surface area contributed by atoms with Crippen LogP contribution in [0.5, 0.6) is 0 Å². The first-order valence-corrected chi connectivity index (χ1v) is 8.00. The Morgan fingerprint density at radius 3 is 2.68 bits per heavy atom. The maximum atomic E-state index is 6.27. The second-order valence-electron chi connectivity index (χ2n) is 4.56. The first-order valence-electron chi connectivity index (χ1n) is 5.95. The average Bonchev–Trinajstić information content (AvgIpc) is 2.75. The Labute approximate surface area is 131 Å². The number of hydrogen-bond acceptors (Lipinski definition) is 3. The smallest absolute Gasteiger partial charge is 0.0786 e. The lowest BCUT2D eigenvalue weighted by Gasteiger charge is -2.22. The molecule has 19 heavy (non-hydrogen) atoms. The van der Waals surface area contributed by atoms with Gasteiger partial charge in [-0.15, -0.1) is 11.3 Å². The SMILES string of the molecule is CC(Nc1cccc(Cl)c1N(C)C)c1cc(Br)cs1. The van der Waals surface area contributed by atoms with E-state index in [9.17, 15) is 0 Å². The fourth-order valence-corrected chi connectivity index (χ4v) is 3.74. The van der Waals surface area contributed by atoms with E-state index in [0.717, 1.165) is 20.9 Å². The van der Waals surface area contributed by atoms with Crippen LogP contribution in [0.1, 0.15) is 17.8 Å². The molecule has 1 unspecified atom stereocenters. The normalized spacial score (nSPS) is 12.3. The predicted octanol–water partition coefficient (Wildman–Crippen LogP) is 5.40. The molecule has 0 saturated heterocycles. The second-order valence-corrected chi connectivity index (χ2v) is 6.83. The van der Waals surface area contributed by atoms with Crippen LogP contribution in [0.4, 0.5) is 11.4 Å². The summed E-state index contributed by atoms with van der Waals surface area (Å²) in [5.41, 5.74) is 2.07. The molecular weight excluding hydrogens is 344 g/mol. The van der Waals surface area contributed by atoms with E-state index >= 15 is 0 Å². The Balaban J connectivity index is 2.26. The highest BCUT2D eigenvalue weighted by atomic mass is 79.9. The number of para-hydroxylation sites is 1. The molecule has 1 heterocycles. The summed E-state index contributed by atoms with van der Waals surface area (Å²) in [6.45, 7) is 2.15. The first kappa shape index (κ1) is 14.7. The van der Waals surface area contributed by atoms with Crippen molar-refractivity contribution < 1.29 is 0 Å². The van der Waals surface area contributed by atoms with E-state index in [0.29, 0.717) is 0 Å². The minimum Gasteiger partial charge on any atom is -0.376 e. The number of benzene rings is 1. The van der Waals surface area contributed by atoms with Gasteiger partial charge < -0.3 is 10.2 Å². The third kappa shape index (κ3) is 3.44. The lowest BCUT2D eigenvalue weighted by atomic mass is 10.2. The van der Waals surface area contributed by atoms with Gasteiger partial charge >= 0.3 is 0 Å². The predicted molar refractivity (Wildman–Crippen MR) is 89.8 cm³/mol. The van der Waals surface area contributed by atoms with Gasteiger partial charge in [0, 0.05) is 28.8 Å². The van der Waals surface area contributed by atoms with Crippen molar-refractivity contribution in [3.05, 3.63) is 44.0 Å². The number of halogens is 2. The zero-order valence-electron chi connectivity index (χ0n) is 11.1. The quantitative estimate of drug-likeness (QED) is 0.786. The summed E-state index contributed by atoms with van der Waals surface area (Å²) < 4.78 is 1.13. The lowest BCUT2D eigenvalue weighted by Crippen LogP contribution is -2.14. The molecular formula is C14H16BrClN2S. The van der Waals surface area contributed by atoms with E-state index in [4.69, 9.17) is 11.6 Å². The molecule has 2 rings (SSSR count). The molecule has 0 fully saturated rings. The highest BCUT2D eigenvalue weighted by Gasteiger charge is 2.13. The molecule has 1 aromatic carbocycles. The van der Waals surface area contributed by atoms with E-state index in [2.05, 4.69) is 45.7 Å². The molecule has 0 spiro atoms. The maximum Gasteiger partial charge on any atom is 0.0786 e. The topological polar surface area (TPSA) is 15.3 Å². The fraction of sp³-hybridized carbons (Fsp3) is 0.286. The van der Waals surface area contributed by atoms with Crippen LogP contribution in [0.15, 0.2) is 34.1 Å². The van der Waals surface area contributed by atoms with E-state index in [-0.39, 0.29) is 6.04 Å². The molecule has 0 amide bonds.